The summed E-state index contributed by atoms with van der Waals surface area (Å²) in [6, 6.07) is 0. The molecule has 16 heavy (non-hydrogen) atoms. The monoisotopic (exact) mass is 241 g/mol. The summed E-state index contributed by atoms with van der Waals surface area (Å²) < 4.78 is 16.6. The van der Waals surface area contributed by atoms with Crippen LogP contribution in [0.2, 0.25) is 0 Å². The van der Waals surface area contributed by atoms with Crippen molar-refractivity contribution >= 4 is 19.5 Å². The number of hydrogen-bond donors (Lipinski definition) is 1. The van der Waals surface area contributed by atoms with Gasteiger partial charge in [-0.2, -0.15) is 0 Å². The molecule has 0 aliphatic carbocycles. The third-order valence-corrected chi connectivity index (χ3v) is 2.82. The van der Waals surface area contributed by atoms with Gasteiger partial charge >= 0.3 is 7.12 Å². The van der Waals surface area contributed by atoms with Gasteiger partial charge in [0, 0.05) is 0 Å². The van der Waals surface area contributed by atoms with Crippen molar-refractivity contribution in [2.75, 3.05) is 20.3 Å². The highest BCUT2D eigenvalue weighted by molar-refractivity contribution is 6.57. The Labute approximate surface area is 101 Å². The Morgan fingerprint density at radius 1 is 1.44 bits per heavy atom. The van der Waals surface area contributed by atoms with Crippen LogP contribution in [-0.4, -0.2) is 33.6 Å². The molecule has 0 aromatic rings. The Hall–Kier alpha value is -0.745. The smallest absolute Gasteiger partial charge is 0.496 e. The highest BCUT2D eigenvalue weighted by atomic mass is 35.5. The zero-order valence-corrected chi connectivity index (χ0v) is 9.75. The van der Waals surface area contributed by atoms with Crippen LogP contribution in [-0.2, 0) is 14.0 Å². The van der Waals surface area contributed by atoms with Crippen molar-refractivity contribution in [3.63, 3.8) is 0 Å². The van der Waals surface area contributed by atoms with Crippen LogP contribution in [0.1, 0.15) is 0 Å². The number of nitrogens with one attached hydrogen (secondary N) is 1. The molecule has 1 N–H and O–H groups in total. The lowest BCUT2D eigenvalue weighted by molar-refractivity contribution is 0.161. The first-order chi connectivity index (χ1) is 7.38. The van der Waals surface area contributed by atoms with Crippen LogP contribution in [0, 0.1) is 0 Å². The van der Waals surface area contributed by atoms with Crippen LogP contribution >= 0.6 is 12.4 Å². The van der Waals surface area contributed by atoms with Gasteiger partial charge in [-0.1, -0.05) is 0 Å². The normalized spacial score (nSPS) is 26.7. The minimum atomic E-state index is -0.233. The summed E-state index contributed by atoms with van der Waals surface area (Å²) in [5, 5.41) is 3.06. The third-order valence-electron chi connectivity index (χ3n) is 2.82. The molecular weight excluding hydrogens is 228 g/mol. The number of halogens is 1. The van der Waals surface area contributed by atoms with Crippen LogP contribution in [0.4, 0.5) is 0 Å². The molecule has 0 fully saturated rings. The van der Waals surface area contributed by atoms with Crippen molar-refractivity contribution in [2.24, 2.45) is 0 Å². The van der Waals surface area contributed by atoms with E-state index in [4.69, 9.17) is 14.0 Å². The van der Waals surface area contributed by atoms with E-state index in [9.17, 15) is 0 Å². The Bertz CT molecular complexity index is 380. The van der Waals surface area contributed by atoms with Gasteiger partial charge in [0.1, 0.15) is 12.8 Å². The molecule has 0 saturated heterocycles. The molecule has 3 aliphatic heterocycles. The molecule has 0 spiro atoms. The van der Waals surface area contributed by atoms with Crippen molar-refractivity contribution in [1.29, 1.82) is 0 Å². The maximum absolute atomic E-state index is 5.69. The van der Waals surface area contributed by atoms with E-state index >= 15 is 0 Å². The fourth-order valence-corrected chi connectivity index (χ4v) is 2.06. The second-order valence-corrected chi connectivity index (χ2v) is 3.74. The summed E-state index contributed by atoms with van der Waals surface area (Å²) in [5.41, 5.74) is 3.48. The van der Waals surface area contributed by atoms with Crippen LogP contribution in [0.25, 0.3) is 0 Å². The standard InChI is InChI=1S/C10H12BNO3.ClH/c1-12-9-4-7-2-3-13-5-8-6-14-11(15-9)10(7)8;/h2-4,9,12H,5-6H2,1H3;1H/t9-;/m0./s1. The van der Waals surface area contributed by atoms with E-state index in [2.05, 4.69) is 5.32 Å². The summed E-state index contributed by atoms with van der Waals surface area (Å²) in [4.78, 5) is 0. The molecule has 3 heterocycles. The lowest BCUT2D eigenvalue weighted by Gasteiger charge is -2.24. The molecule has 3 rings (SSSR count). The molecule has 1 atom stereocenters. The predicted octanol–water partition coefficient (Wildman–Crippen LogP) is 0.808. The number of allylic oxidation sites excluding steroid dienone is 3. The molecule has 0 radical (unpaired) electrons. The van der Waals surface area contributed by atoms with Crippen molar-refractivity contribution in [1.82, 2.24) is 5.32 Å². The lowest BCUT2D eigenvalue weighted by atomic mass is 9.71. The summed E-state index contributed by atoms with van der Waals surface area (Å²) in [6.45, 7) is 1.21. The van der Waals surface area contributed by atoms with E-state index < -0.39 is 0 Å². The van der Waals surface area contributed by atoms with Gasteiger partial charge in [-0.05, 0) is 35.8 Å². The summed E-state index contributed by atoms with van der Waals surface area (Å²) in [5.74, 6) is 0. The van der Waals surface area contributed by atoms with E-state index in [1.54, 1.807) is 6.26 Å². The number of likely N-dealkylation sites (N-methyl/N-ethyl adjacent to an activating group) is 1. The average Bonchev–Trinajstić information content (AvgIpc) is 2.55. The molecular formula is C10H13BClNO3. The van der Waals surface area contributed by atoms with Gasteiger partial charge in [0.2, 0.25) is 0 Å². The molecule has 86 valence electrons. The maximum atomic E-state index is 5.69. The third kappa shape index (κ3) is 1.80. The van der Waals surface area contributed by atoms with Gasteiger partial charge in [0.15, 0.2) is 0 Å². The van der Waals surface area contributed by atoms with E-state index in [-0.39, 0.29) is 25.8 Å². The summed E-state index contributed by atoms with van der Waals surface area (Å²) in [7, 11) is 1.63. The Balaban J connectivity index is 0.000000963. The average molecular weight is 241 g/mol. The van der Waals surface area contributed by atoms with E-state index in [0.717, 1.165) is 11.0 Å². The van der Waals surface area contributed by atoms with Crippen molar-refractivity contribution in [2.45, 2.75) is 6.23 Å². The Kier molecular flexibility index (Phi) is 3.40. The number of ether oxygens (including phenoxy) is 1. The van der Waals surface area contributed by atoms with Gasteiger partial charge in [-0.3, -0.25) is 5.32 Å². The fraction of sp³-hybridized carbons (Fsp3) is 0.400. The second-order valence-electron chi connectivity index (χ2n) is 3.74. The highest BCUT2D eigenvalue weighted by Crippen LogP contribution is 2.32. The van der Waals surface area contributed by atoms with E-state index in [1.807, 2.05) is 19.2 Å². The molecule has 3 aliphatic rings. The highest BCUT2D eigenvalue weighted by Gasteiger charge is 2.40. The van der Waals surface area contributed by atoms with E-state index in [1.165, 1.54) is 5.57 Å². The van der Waals surface area contributed by atoms with Gasteiger partial charge in [0.05, 0.1) is 12.9 Å². The van der Waals surface area contributed by atoms with Gasteiger partial charge in [0.25, 0.3) is 0 Å². The van der Waals surface area contributed by atoms with Crippen LogP contribution in [0.3, 0.4) is 0 Å². The molecule has 0 unspecified atom stereocenters. The summed E-state index contributed by atoms with van der Waals surface area (Å²) >= 11 is 0. The second kappa shape index (κ2) is 4.63. The van der Waals surface area contributed by atoms with Gasteiger partial charge in [-0.15, -0.1) is 12.4 Å². The molecule has 0 aromatic heterocycles. The van der Waals surface area contributed by atoms with Crippen LogP contribution in [0.5, 0.6) is 0 Å². The quantitative estimate of drug-likeness (QED) is 0.690. The SMILES string of the molecule is CN[C@@H]1C=C2C=COCC3=C2B(OC3)O1.Cl. The minimum absolute atomic E-state index is 0. The maximum Gasteiger partial charge on any atom is 0.496 e. The first-order valence-electron chi connectivity index (χ1n) is 5.05. The topological polar surface area (TPSA) is 39.7 Å². The molecule has 0 amide bonds. The first-order valence-corrected chi connectivity index (χ1v) is 5.05. The first kappa shape index (κ1) is 11.7. The largest absolute Gasteiger partial charge is 0.497 e. The molecule has 0 bridgehead atoms. The lowest BCUT2D eigenvalue weighted by Crippen LogP contribution is -2.39. The zero-order valence-electron chi connectivity index (χ0n) is 8.93. The van der Waals surface area contributed by atoms with Crippen molar-refractivity contribution in [3.05, 3.63) is 35.0 Å². The zero-order chi connectivity index (χ0) is 10.3. The number of rotatable bonds is 1. The molecule has 6 heteroatoms. The van der Waals surface area contributed by atoms with Crippen LogP contribution in [0.15, 0.2) is 35.0 Å². The van der Waals surface area contributed by atoms with Crippen LogP contribution < -0.4 is 5.32 Å². The molecule has 0 aromatic carbocycles. The minimum Gasteiger partial charge on any atom is -0.497 e. The fourth-order valence-electron chi connectivity index (χ4n) is 2.06. The molecule has 0 saturated carbocycles. The Morgan fingerprint density at radius 3 is 3.12 bits per heavy atom. The van der Waals surface area contributed by atoms with Gasteiger partial charge in [-0.25, -0.2) is 0 Å². The summed E-state index contributed by atoms with van der Waals surface area (Å²) in [6.07, 6.45) is 5.66. The van der Waals surface area contributed by atoms with Crippen molar-refractivity contribution in [3.8, 4) is 0 Å². The van der Waals surface area contributed by atoms with Crippen molar-refractivity contribution < 1.29 is 14.0 Å². The molecule has 4 nitrogen and oxygen atoms in total. The Morgan fingerprint density at radius 2 is 2.31 bits per heavy atom. The van der Waals surface area contributed by atoms with Gasteiger partial charge < -0.3 is 14.0 Å². The van der Waals surface area contributed by atoms with E-state index in [0.29, 0.717) is 13.2 Å². The number of hydrogen-bond acceptors (Lipinski definition) is 4. The predicted molar refractivity (Wildman–Crippen MR) is 63.1 cm³/mol.